The van der Waals surface area contributed by atoms with Crippen LogP contribution in [-0.2, 0) is 0 Å². The lowest BCUT2D eigenvalue weighted by atomic mass is 9.97. The van der Waals surface area contributed by atoms with Gasteiger partial charge in [-0.1, -0.05) is 20.3 Å². The molecule has 0 saturated carbocycles. The van der Waals surface area contributed by atoms with E-state index in [4.69, 9.17) is 0 Å². The monoisotopic (exact) mass is 156 g/mol. The lowest BCUT2D eigenvalue weighted by molar-refractivity contribution is 0.147. The topological polar surface area (TPSA) is 15.3 Å². The maximum Gasteiger partial charge on any atom is 0.0243 e. The van der Waals surface area contributed by atoms with Crippen LogP contribution in [0.5, 0.6) is 0 Å². The van der Waals surface area contributed by atoms with Crippen LogP contribution in [0.2, 0.25) is 0 Å². The van der Waals surface area contributed by atoms with Crippen molar-refractivity contribution in [1.29, 1.82) is 0 Å². The van der Waals surface area contributed by atoms with E-state index in [1.165, 1.54) is 19.5 Å². The van der Waals surface area contributed by atoms with Crippen molar-refractivity contribution in [3.05, 3.63) is 0 Å². The van der Waals surface area contributed by atoms with Gasteiger partial charge in [0, 0.05) is 25.7 Å². The van der Waals surface area contributed by atoms with Crippen LogP contribution in [-0.4, -0.2) is 37.6 Å². The molecular formula is C9H20N2. The van der Waals surface area contributed by atoms with Gasteiger partial charge in [0.15, 0.2) is 0 Å². The quantitative estimate of drug-likeness (QED) is 0.640. The highest BCUT2D eigenvalue weighted by atomic mass is 15.2. The third-order valence-corrected chi connectivity index (χ3v) is 2.86. The minimum atomic E-state index is 0.758. The first-order valence-electron chi connectivity index (χ1n) is 4.66. The smallest absolute Gasteiger partial charge is 0.0243 e. The average Bonchev–Trinajstić information content (AvgIpc) is 2.04. The van der Waals surface area contributed by atoms with Crippen LogP contribution in [0.25, 0.3) is 0 Å². The summed E-state index contributed by atoms with van der Waals surface area (Å²) in [4.78, 5) is 2.48. The molecule has 66 valence electrons. The van der Waals surface area contributed by atoms with Crippen molar-refractivity contribution in [1.82, 2.24) is 10.2 Å². The summed E-state index contributed by atoms with van der Waals surface area (Å²) in [6.07, 6.45) is 1.29. The Morgan fingerprint density at radius 2 is 2.36 bits per heavy atom. The second kappa shape index (κ2) is 4.07. The number of likely N-dealkylation sites (N-methyl/N-ethyl adjacent to an activating group) is 1. The molecule has 1 heterocycles. The van der Waals surface area contributed by atoms with Gasteiger partial charge < -0.3 is 10.2 Å². The predicted octanol–water partition coefficient (Wildman–Crippen LogP) is 0.936. The zero-order valence-electron chi connectivity index (χ0n) is 7.93. The molecule has 1 saturated heterocycles. The average molecular weight is 156 g/mol. The molecule has 1 aliphatic heterocycles. The van der Waals surface area contributed by atoms with E-state index in [1.807, 2.05) is 0 Å². The van der Waals surface area contributed by atoms with Crippen molar-refractivity contribution in [2.75, 3.05) is 26.7 Å². The summed E-state index contributed by atoms with van der Waals surface area (Å²) in [5.41, 5.74) is 0. The Labute approximate surface area is 70.0 Å². The molecule has 0 aromatic carbocycles. The Bertz CT molecular complexity index is 110. The van der Waals surface area contributed by atoms with E-state index in [2.05, 4.69) is 31.1 Å². The third-order valence-electron chi connectivity index (χ3n) is 2.86. The summed E-state index contributed by atoms with van der Waals surface area (Å²) in [6.45, 7) is 8.14. The standard InChI is InChI=1S/C9H20N2/c1-4-8(2)9-7-10-5-6-11(9)3/h8-10H,4-7H2,1-3H3/t8-,9?/m0/s1. The molecule has 11 heavy (non-hydrogen) atoms. The van der Waals surface area contributed by atoms with Gasteiger partial charge in [-0.25, -0.2) is 0 Å². The summed E-state index contributed by atoms with van der Waals surface area (Å²) in [6, 6.07) is 0.758. The molecule has 0 spiro atoms. The molecule has 1 unspecified atom stereocenters. The highest BCUT2D eigenvalue weighted by Gasteiger charge is 2.22. The highest BCUT2D eigenvalue weighted by Crippen LogP contribution is 2.13. The zero-order valence-corrected chi connectivity index (χ0v) is 7.93. The van der Waals surface area contributed by atoms with Gasteiger partial charge in [0.1, 0.15) is 0 Å². The van der Waals surface area contributed by atoms with Gasteiger partial charge in [0.2, 0.25) is 0 Å². The Balaban J connectivity index is 2.40. The molecule has 0 aromatic heterocycles. The number of rotatable bonds is 2. The van der Waals surface area contributed by atoms with Crippen molar-refractivity contribution in [3.8, 4) is 0 Å². The lowest BCUT2D eigenvalue weighted by Gasteiger charge is -2.36. The second-order valence-corrected chi connectivity index (χ2v) is 3.64. The molecule has 2 heteroatoms. The Morgan fingerprint density at radius 3 is 2.91 bits per heavy atom. The first kappa shape index (κ1) is 9.01. The molecule has 0 aliphatic carbocycles. The van der Waals surface area contributed by atoms with Gasteiger partial charge in [-0.3, -0.25) is 0 Å². The van der Waals surface area contributed by atoms with E-state index in [0.717, 1.165) is 18.5 Å². The van der Waals surface area contributed by atoms with Crippen LogP contribution in [0.1, 0.15) is 20.3 Å². The van der Waals surface area contributed by atoms with E-state index in [0.29, 0.717) is 0 Å². The molecule has 0 amide bonds. The van der Waals surface area contributed by atoms with Gasteiger partial charge in [-0.2, -0.15) is 0 Å². The lowest BCUT2D eigenvalue weighted by Crippen LogP contribution is -2.51. The number of nitrogens with one attached hydrogen (secondary N) is 1. The van der Waals surface area contributed by atoms with Crippen molar-refractivity contribution in [2.45, 2.75) is 26.3 Å². The number of nitrogens with zero attached hydrogens (tertiary/aromatic N) is 1. The van der Waals surface area contributed by atoms with Crippen molar-refractivity contribution in [2.24, 2.45) is 5.92 Å². The largest absolute Gasteiger partial charge is 0.314 e. The van der Waals surface area contributed by atoms with Gasteiger partial charge in [-0.05, 0) is 13.0 Å². The van der Waals surface area contributed by atoms with Crippen LogP contribution in [0.15, 0.2) is 0 Å². The highest BCUT2D eigenvalue weighted by molar-refractivity contribution is 4.80. The van der Waals surface area contributed by atoms with Gasteiger partial charge >= 0.3 is 0 Å². The number of hydrogen-bond acceptors (Lipinski definition) is 2. The molecule has 2 atom stereocenters. The van der Waals surface area contributed by atoms with Crippen LogP contribution in [0.3, 0.4) is 0 Å². The Morgan fingerprint density at radius 1 is 1.64 bits per heavy atom. The molecule has 0 radical (unpaired) electrons. The maximum absolute atomic E-state index is 3.44. The molecule has 0 bridgehead atoms. The van der Waals surface area contributed by atoms with Crippen LogP contribution >= 0.6 is 0 Å². The Kier molecular flexibility index (Phi) is 3.34. The Hall–Kier alpha value is -0.0800. The van der Waals surface area contributed by atoms with Crippen molar-refractivity contribution < 1.29 is 0 Å². The number of hydrogen-bond donors (Lipinski definition) is 1. The molecule has 1 fully saturated rings. The summed E-state index contributed by atoms with van der Waals surface area (Å²) in [7, 11) is 2.23. The molecule has 1 N–H and O–H groups in total. The van der Waals surface area contributed by atoms with Gasteiger partial charge in [0.05, 0.1) is 0 Å². The van der Waals surface area contributed by atoms with Gasteiger partial charge in [0.25, 0.3) is 0 Å². The second-order valence-electron chi connectivity index (χ2n) is 3.64. The first-order valence-corrected chi connectivity index (χ1v) is 4.66. The fourth-order valence-corrected chi connectivity index (χ4v) is 1.73. The fourth-order valence-electron chi connectivity index (χ4n) is 1.73. The van der Waals surface area contributed by atoms with Crippen molar-refractivity contribution >= 4 is 0 Å². The normalized spacial score (nSPS) is 30.3. The summed E-state index contributed by atoms with van der Waals surface area (Å²) in [5, 5.41) is 3.44. The molecule has 0 aromatic rings. The van der Waals surface area contributed by atoms with E-state index in [1.54, 1.807) is 0 Å². The van der Waals surface area contributed by atoms with E-state index in [-0.39, 0.29) is 0 Å². The summed E-state index contributed by atoms with van der Waals surface area (Å²) in [5.74, 6) is 0.827. The molecule has 1 aliphatic rings. The SMILES string of the molecule is CC[C@H](C)C1CNCCN1C. The van der Waals surface area contributed by atoms with Crippen LogP contribution in [0, 0.1) is 5.92 Å². The van der Waals surface area contributed by atoms with E-state index < -0.39 is 0 Å². The van der Waals surface area contributed by atoms with E-state index >= 15 is 0 Å². The summed E-state index contributed by atoms with van der Waals surface area (Å²) < 4.78 is 0. The van der Waals surface area contributed by atoms with Crippen LogP contribution in [0.4, 0.5) is 0 Å². The van der Waals surface area contributed by atoms with Crippen molar-refractivity contribution in [3.63, 3.8) is 0 Å². The minimum absolute atomic E-state index is 0.758. The van der Waals surface area contributed by atoms with Gasteiger partial charge in [-0.15, -0.1) is 0 Å². The third kappa shape index (κ3) is 2.17. The summed E-state index contributed by atoms with van der Waals surface area (Å²) >= 11 is 0. The zero-order chi connectivity index (χ0) is 8.27. The molecule has 1 rings (SSSR count). The fraction of sp³-hybridized carbons (Fsp3) is 1.00. The number of piperazine rings is 1. The molecular weight excluding hydrogens is 136 g/mol. The van der Waals surface area contributed by atoms with E-state index in [9.17, 15) is 0 Å². The predicted molar refractivity (Wildman–Crippen MR) is 48.7 cm³/mol. The maximum atomic E-state index is 3.44. The minimum Gasteiger partial charge on any atom is -0.314 e. The first-order chi connectivity index (χ1) is 5.25. The molecule has 2 nitrogen and oxygen atoms in total. The van der Waals surface area contributed by atoms with Crippen LogP contribution < -0.4 is 5.32 Å².